The molecule has 2 unspecified atom stereocenters. The Hall–Kier alpha value is -0.380. The van der Waals surface area contributed by atoms with E-state index in [1.54, 1.807) is 0 Å². The zero-order valence-electron chi connectivity index (χ0n) is 12.7. The van der Waals surface area contributed by atoms with Crippen LogP contribution in [0.1, 0.15) is 45.1 Å². The lowest BCUT2D eigenvalue weighted by molar-refractivity contribution is 0.0712. The fraction of sp³-hybridized carbons (Fsp3) is 0.647. The number of likely N-dealkylation sites (tertiary alicyclic amines) is 1. The Labute approximate surface area is 131 Å². The smallest absolute Gasteiger partial charge is 0.0346 e. The summed E-state index contributed by atoms with van der Waals surface area (Å²) >= 11 is 3.50. The molecule has 0 amide bonds. The quantitative estimate of drug-likeness (QED) is 0.899. The molecule has 1 heterocycles. The van der Waals surface area contributed by atoms with Gasteiger partial charge in [0.1, 0.15) is 0 Å². The number of nitrogens with two attached hydrogens (primary N) is 1. The SMILES string of the molecule is CC1CCCCCN1C(C)(CN)Cc1ccc(Br)cc1. The van der Waals surface area contributed by atoms with Crippen molar-refractivity contribution in [2.24, 2.45) is 5.73 Å². The highest BCUT2D eigenvalue weighted by molar-refractivity contribution is 9.10. The molecule has 0 aliphatic carbocycles. The van der Waals surface area contributed by atoms with E-state index in [2.05, 4.69) is 58.9 Å². The Morgan fingerprint density at radius 2 is 1.95 bits per heavy atom. The Balaban J connectivity index is 2.16. The van der Waals surface area contributed by atoms with Gasteiger partial charge in [0.15, 0.2) is 0 Å². The molecule has 1 aromatic rings. The van der Waals surface area contributed by atoms with Crippen LogP contribution in [0.3, 0.4) is 0 Å². The van der Waals surface area contributed by atoms with Crippen LogP contribution in [-0.4, -0.2) is 29.6 Å². The summed E-state index contributed by atoms with van der Waals surface area (Å²) in [5.41, 5.74) is 7.62. The molecule has 0 spiro atoms. The average Bonchev–Trinajstić information content (AvgIpc) is 2.66. The molecule has 0 aromatic heterocycles. The van der Waals surface area contributed by atoms with Crippen molar-refractivity contribution in [3.63, 3.8) is 0 Å². The number of hydrogen-bond acceptors (Lipinski definition) is 2. The maximum absolute atomic E-state index is 6.18. The Morgan fingerprint density at radius 3 is 2.60 bits per heavy atom. The minimum atomic E-state index is 0.0670. The van der Waals surface area contributed by atoms with Crippen LogP contribution in [0.15, 0.2) is 28.7 Å². The number of halogens is 1. The van der Waals surface area contributed by atoms with Crippen molar-refractivity contribution in [2.75, 3.05) is 13.1 Å². The fourth-order valence-corrected chi connectivity index (χ4v) is 3.67. The molecular formula is C17H27BrN2. The van der Waals surface area contributed by atoms with E-state index in [-0.39, 0.29) is 5.54 Å². The topological polar surface area (TPSA) is 29.3 Å². The molecule has 1 aliphatic rings. The van der Waals surface area contributed by atoms with Gasteiger partial charge in [0, 0.05) is 22.6 Å². The van der Waals surface area contributed by atoms with Crippen molar-refractivity contribution < 1.29 is 0 Å². The first-order chi connectivity index (χ1) is 9.55. The van der Waals surface area contributed by atoms with Crippen LogP contribution in [0.25, 0.3) is 0 Å². The van der Waals surface area contributed by atoms with Crippen LogP contribution < -0.4 is 5.73 Å². The monoisotopic (exact) mass is 338 g/mol. The molecule has 20 heavy (non-hydrogen) atoms. The molecule has 112 valence electrons. The van der Waals surface area contributed by atoms with Gasteiger partial charge in [-0.05, 0) is 57.4 Å². The number of benzene rings is 1. The second kappa shape index (κ2) is 7.06. The predicted molar refractivity (Wildman–Crippen MR) is 89.9 cm³/mol. The van der Waals surface area contributed by atoms with Gasteiger partial charge in [-0.3, -0.25) is 4.90 Å². The minimum absolute atomic E-state index is 0.0670. The lowest BCUT2D eigenvalue weighted by atomic mass is 9.89. The molecule has 1 fully saturated rings. The van der Waals surface area contributed by atoms with Crippen molar-refractivity contribution >= 4 is 15.9 Å². The molecule has 2 atom stereocenters. The summed E-state index contributed by atoms with van der Waals surface area (Å²) in [6.45, 7) is 6.59. The molecule has 0 saturated carbocycles. The van der Waals surface area contributed by atoms with E-state index in [0.29, 0.717) is 12.6 Å². The summed E-state index contributed by atoms with van der Waals surface area (Å²) in [4.78, 5) is 2.65. The van der Waals surface area contributed by atoms with Gasteiger partial charge in [-0.25, -0.2) is 0 Å². The molecule has 2 N–H and O–H groups in total. The van der Waals surface area contributed by atoms with Crippen molar-refractivity contribution in [2.45, 2.75) is 57.5 Å². The predicted octanol–water partition coefficient (Wildman–Crippen LogP) is 3.97. The lowest BCUT2D eigenvalue weighted by Crippen LogP contribution is -2.56. The van der Waals surface area contributed by atoms with Crippen LogP contribution in [-0.2, 0) is 6.42 Å². The second-order valence-electron chi connectivity index (χ2n) is 6.40. The second-order valence-corrected chi connectivity index (χ2v) is 7.31. The maximum atomic E-state index is 6.18. The molecule has 2 rings (SSSR count). The Kier molecular flexibility index (Phi) is 5.65. The van der Waals surface area contributed by atoms with E-state index in [1.165, 1.54) is 37.8 Å². The van der Waals surface area contributed by atoms with Crippen LogP contribution in [0.2, 0.25) is 0 Å². The van der Waals surface area contributed by atoms with Gasteiger partial charge in [0.2, 0.25) is 0 Å². The van der Waals surface area contributed by atoms with Gasteiger partial charge in [0.05, 0.1) is 0 Å². The average molecular weight is 339 g/mol. The van der Waals surface area contributed by atoms with Crippen LogP contribution in [0.5, 0.6) is 0 Å². The Morgan fingerprint density at radius 1 is 1.25 bits per heavy atom. The van der Waals surface area contributed by atoms with E-state index in [1.807, 2.05) is 0 Å². The van der Waals surface area contributed by atoms with E-state index in [9.17, 15) is 0 Å². The zero-order valence-corrected chi connectivity index (χ0v) is 14.3. The molecular weight excluding hydrogens is 312 g/mol. The highest BCUT2D eigenvalue weighted by Gasteiger charge is 2.34. The first-order valence-electron chi connectivity index (χ1n) is 7.76. The number of rotatable bonds is 4. The number of nitrogens with zero attached hydrogens (tertiary/aromatic N) is 1. The summed E-state index contributed by atoms with van der Waals surface area (Å²) in [5, 5.41) is 0. The lowest BCUT2D eigenvalue weighted by Gasteiger charge is -2.44. The molecule has 0 bridgehead atoms. The zero-order chi connectivity index (χ0) is 14.6. The summed E-state index contributed by atoms with van der Waals surface area (Å²) in [6.07, 6.45) is 6.35. The van der Waals surface area contributed by atoms with Gasteiger partial charge < -0.3 is 5.73 Å². The van der Waals surface area contributed by atoms with Gasteiger partial charge in [-0.15, -0.1) is 0 Å². The van der Waals surface area contributed by atoms with Gasteiger partial charge in [-0.2, -0.15) is 0 Å². The van der Waals surface area contributed by atoms with Crippen LogP contribution >= 0.6 is 15.9 Å². The van der Waals surface area contributed by atoms with E-state index in [4.69, 9.17) is 5.73 Å². The molecule has 1 saturated heterocycles. The largest absolute Gasteiger partial charge is 0.329 e. The van der Waals surface area contributed by atoms with Gasteiger partial charge >= 0.3 is 0 Å². The van der Waals surface area contributed by atoms with Crippen molar-refractivity contribution in [1.29, 1.82) is 0 Å². The first-order valence-corrected chi connectivity index (χ1v) is 8.56. The van der Waals surface area contributed by atoms with E-state index < -0.39 is 0 Å². The van der Waals surface area contributed by atoms with Crippen molar-refractivity contribution in [3.8, 4) is 0 Å². The molecule has 3 heteroatoms. The fourth-order valence-electron chi connectivity index (χ4n) is 3.41. The summed E-state index contributed by atoms with van der Waals surface area (Å²) in [5.74, 6) is 0. The van der Waals surface area contributed by atoms with Gasteiger partial charge in [0.25, 0.3) is 0 Å². The third kappa shape index (κ3) is 3.84. The maximum Gasteiger partial charge on any atom is 0.0346 e. The van der Waals surface area contributed by atoms with Gasteiger partial charge in [-0.1, -0.05) is 40.9 Å². The number of hydrogen-bond donors (Lipinski definition) is 1. The third-order valence-corrected chi connectivity index (χ3v) is 5.21. The molecule has 2 nitrogen and oxygen atoms in total. The third-order valence-electron chi connectivity index (χ3n) is 4.68. The Bertz CT molecular complexity index is 418. The summed E-state index contributed by atoms with van der Waals surface area (Å²) in [7, 11) is 0. The molecule has 0 radical (unpaired) electrons. The normalized spacial score (nSPS) is 24.1. The van der Waals surface area contributed by atoms with E-state index >= 15 is 0 Å². The highest BCUT2D eigenvalue weighted by atomic mass is 79.9. The standard InChI is InChI=1S/C17H27BrN2/c1-14-6-4-3-5-11-20(14)17(2,13-19)12-15-7-9-16(18)10-8-15/h7-10,14H,3-6,11-13,19H2,1-2H3. The molecule has 1 aliphatic heterocycles. The molecule has 1 aromatic carbocycles. The van der Waals surface area contributed by atoms with Crippen LogP contribution in [0.4, 0.5) is 0 Å². The first kappa shape index (κ1) is 16.0. The summed E-state index contributed by atoms with van der Waals surface area (Å²) < 4.78 is 1.14. The minimum Gasteiger partial charge on any atom is -0.329 e. The van der Waals surface area contributed by atoms with Crippen LogP contribution in [0, 0.1) is 0 Å². The highest BCUT2D eigenvalue weighted by Crippen LogP contribution is 2.28. The van der Waals surface area contributed by atoms with Crippen molar-refractivity contribution in [3.05, 3.63) is 34.3 Å². The summed E-state index contributed by atoms with van der Waals surface area (Å²) in [6, 6.07) is 9.30. The van der Waals surface area contributed by atoms with E-state index in [0.717, 1.165) is 10.9 Å². The van der Waals surface area contributed by atoms with Crippen molar-refractivity contribution in [1.82, 2.24) is 4.90 Å².